The van der Waals surface area contributed by atoms with Gasteiger partial charge in [-0.1, -0.05) is 67.1 Å². The third kappa shape index (κ3) is 4.50. The molecular formula is C24H29N5. The van der Waals surface area contributed by atoms with Crippen LogP contribution in [0.5, 0.6) is 0 Å². The Morgan fingerprint density at radius 3 is 2.41 bits per heavy atom. The molecule has 0 spiro atoms. The third-order valence-electron chi connectivity index (χ3n) is 5.93. The van der Waals surface area contributed by atoms with E-state index in [4.69, 9.17) is 0 Å². The molecule has 2 aromatic carbocycles. The van der Waals surface area contributed by atoms with Crippen molar-refractivity contribution < 1.29 is 0 Å². The standard InChI is InChI=1S/C24H29N5/c1-25-23(28-19-24(13-8-14-24)21-11-6-3-7-12-21)27-17-22-26-15-16-29(22)18-20-9-4-2-5-10-20/h2-7,9-12,15-16H,8,13-14,17-19H2,1H3,(H2,25,27,28). The number of nitrogens with zero attached hydrogens (tertiary/aromatic N) is 3. The van der Waals surface area contributed by atoms with Gasteiger partial charge in [-0.2, -0.15) is 0 Å². The molecular weight excluding hydrogens is 358 g/mol. The van der Waals surface area contributed by atoms with E-state index in [1.54, 1.807) is 0 Å². The minimum absolute atomic E-state index is 0.227. The van der Waals surface area contributed by atoms with Gasteiger partial charge < -0.3 is 15.2 Å². The Morgan fingerprint density at radius 1 is 1.03 bits per heavy atom. The highest BCUT2D eigenvalue weighted by Crippen LogP contribution is 2.43. The van der Waals surface area contributed by atoms with Crippen LogP contribution < -0.4 is 10.6 Å². The van der Waals surface area contributed by atoms with Crippen molar-refractivity contribution in [3.05, 3.63) is 90.0 Å². The predicted octanol–water partition coefficient (Wildman–Crippen LogP) is 3.72. The normalized spacial score (nSPS) is 15.6. The summed E-state index contributed by atoms with van der Waals surface area (Å²) >= 11 is 0. The molecule has 3 aromatic rings. The van der Waals surface area contributed by atoms with E-state index in [0.29, 0.717) is 6.54 Å². The summed E-state index contributed by atoms with van der Waals surface area (Å²) in [5.74, 6) is 1.82. The molecule has 29 heavy (non-hydrogen) atoms. The maximum atomic E-state index is 4.52. The van der Waals surface area contributed by atoms with Crippen molar-refractivity contribution in [2.24, 2.45) is 4.99 Å². The third-order valence-corrected chi connectivity index (χ3v) is 5.93. The van der Waals surface area contributed by atoms with Gasteiger partial charge in [0.25, 0.3) is 0 Å². The molecule has 0 amide bonds. The molecule has 1 aliphatic carbocycles. The Hall–Kier alpha value is -3.08. The molecule has 0 unspecified atom stereocenters. The van der Waals surface area contributed by atoms with Crippen molar-refractivity contribution in [3.63, 3.8) is 0 Å². The van der Waals surface area contributed by atoms with Crippen LogP contribution in [-0.2, 0) is 18.5 Å². The molecule has 5 heteroatoms. The molecule has 0 radical (unpaired) electrons. The van der Waals surface area contributed by atoms with Gasteiger partial charge in [0.2, 0.25) is 0 Å². The van der Waals surface area contributed by atoms with Crippen molar-refractivity contribution in [3.8, 4) is 0 Å². The number of benzene rings is 2. The molecule has 0 bridgehead atoms. The maximum Gasteiger partial charge on any atom is 0.191 e. The second kappa shape index (κ2) is 8.95. The molecule has 5 nitrogen and oxygen atoms in total. The van der Waals surface area contributed by atoms with Gasteiger partial charge in [0, 0.05) is 37.9 Å². The number of rotatable bonds is 7. The highest BCUT2D eigenvalue weighted by atomic mass is 15.2. The average molecular weight is 388 g/mol. The Kier molecular flexibility index (Phi) is 5.94. The van der Waals surface area contributed by atoms with Gasteiger partial charge in [-0.3, -0.25) is 4.99 Å². The largest absolute Gasteiger partial charge is 0.356 e. The van der Waals surface area contributed by atoms with Crippen LogP contribution in [0.3, 0.4) is 0 Å². The first-order valence-corrected chi connectivity index (χ1v) is 10.3. The summed E-state index contributed by atoms with van der Waals surface area (Å²) in [5.41, 5.74) is 2.92. The zero-order valence-electron chi connectivity index (χ0n) is 17.0. The quantitative estimate of drug-likeness (QED) is 0.480. The number of hydrogen-bond donors (Lipinski definition) is 2. The van der Waals surface area contributed by atoms with Gasteiger partial charge in [0.15, 0.2) is 5.96 Å². The molecule has 2 N–H and O–H groups in total. The summed E-state index contributed by atoms with van der Waals surface area (Å²) in [6, 6.07) is 21.3. The van der Waals surface area contributed by atoms with Crippen LogP contribution >= 0.6 is 0 Å². The summed E-state index contributed by atoms with van der Waals surface area (Å²) in [4.78, 5) is 8.93. The summed E-state index contributed by atoms with van der Waals surface area (Å²) in [6.45, 7) is 2.36. The Balaban J connectivity index is 1.34. The highest BCUT2D eigenvalue weighted by molar-refractivity contribution is 5.79. The van der Waals surface area contributed by atoms with Crippen molar-refractivity contribution in [2.45, 2.75) is 37.8 Å². The van der Waals surface area contributed by atoms with Crippen molar-refractivity contribution >= 4 is 5.96 Å². The summed E-state index contributed by atoms with van der Waals surface area (Å²) in [6.07, 6.45) is 7.62. The number of aliphatic imine (C=N–C) groups is 1. The highest BCUT2D eigenvalue weighted by Gasteiger charge is 2.38. The van der Waals surface area contributed by atoms with Crippen molar-refractivity contribution in [1.29, 1.82) is 0 Å². The SMILES string of the molecule is CN=C(NCc1nccn1Cc1ccccc1)NCC1(c2ccccc2)CCC1. The lowest BCUT2D eigenvalue weighted by Crippen LogP contribution is -2.48. The number of guanidine groups is 1. The van der Waals surface area contributed by atoms with E-state index in [1.807, 2.05) is 25.5 Å². The van der Waals surface area contributed by atoms with E-state index in [1.165, 1.54) is 30.4 Å². The zero-order valence-corrected chi connectivity index (χ0v) is 17.0. The lowest BCUT2D eigenvalue weighted by Gasteiger charge is -2.43. The van der Waals surface area contributed by atoms with Crippen LogP contribution in [0.2, 0.25) is 0 Å². The van der Waals surface area contributed by atoms with Crippen molar-refractivity contribution in [1.82, 2.24) is 20.2 Å². The van der Waals surface area contributed by atoms with Gasteiger partial charge in [-0.25, -0.2) is 4.98 Å². The molecule has 150 valence electrons. The van der Waals surface area contributed by atoms with Crippen LogP contribution in [0, 0.1) is 0 Å². The fraction of sp³-hybridized carbons (Fsp3) is 0.333. The summed E-state index contributed by atoms with van der Waals surface area (Å²) in [7, 11) is 1.82. The average Bonchev–Trinajstić information content (AvgIpc) is 3.18. The molecule has 1 aromatic heterocycles. The molecule has 1 fully saturated rings. The first-order valence-electron chi connectivity index (χ1n) is 10.3. The Morgan fingerprint density at radius 2 is 1.76 bits per heavy atom. The molecule has 1 saturated carbocycles. The first-order chi connectivity index (χ1) is 14.3. The smallest absolute Gasteiger partial charge is 0.191 e. The number of imidazole rings is 1. The molecule has 0 saturated heterocycles. The minimum Gasteiger partial charge on any atom is -0.356 e. The predicted molar refractivity (Wildman–Crippen MR) is 118 cm³/mol. The summed E-state index contributed by atoms with van der Waals surface area (Å²) < 4.78 is 2.17. The van der Waals surface area contributed by atoms with Crippen LogP contribution in [-0.4, -0.2) is 29.1 Å². The van der Waals surface area contributed by atoms with E-state index in [0.717, 1.165) is 24.9 Å². The molecule has 1 aliphatic rings. The van der Waals surface area contributed by atoms with E-state index in [2.05, 4.69) is 79.8 Å². The van der Waals surface area contributed by atoms with Gasteiger partial charge >= 0.3 is 0 Å². The van der Waals surface area contributed by atoms with E-state index in [-0.39, 0.29) is 5.41 Å². The Labute approximate surface area is 172 Å². The second-order valence-electron chi connectivity index (χ2n) is 7.74. The molecule has 0 aliphatic heterocycles. The van der Waals surface area contributed by atoms with Crippen molar-refractivity contribution in [2.75, 3.05) is 13.6 Å². The van der Waals surface area contributed by atoms with E-state index >= 15 is 0 Å². The molecule has 4 rings (SSSR count). The van der Waals surface area contributed by atoms with Gasteiger partial charge in [-0.05, 0) is 24.0 Å². The molecule has 0 atom stereocenters. The number of hydrogen-bond acceptors (Lipinski definition) is 2. The van der Waals surface area contributed by atoms with E-state index in [9.17, 15) is 0 Å². The maximum absolute atomic E-state index is 4.52. The first kappa shape index (κ1) is 19.2. The lowest BCUT2D eigenvalue weighted by atomic mass is 9.64. The lowest BCUT2D eigenvalue weighted by molar-refractivity contribution is 0.244. The van der Waals surface area contributed by atoms with Crippen LogP contribution in [0.1, 0.15) is 36.2 Å². The second-order valence-corrected chi connectivity index (χ2v) is 7.74. The summed E-state index contributed by atoms with van der Waals surface area (Å²) in [5, 5.41) is 6.97. The van der Waals surface area contributed by atoms with Crippen LogP contribution in [0.25, 0.3) is 0 Å². The number of nitrogens with one attached hydrogen (secondary N) is 2. The fourth-order valence-electron chi connectivity index (χ4n) is 4.03. The fourth-order valence-corrected chi connectivity index (χ4v) is 4.03. The minimum atomic E-state index is 0.227. The van der Waals surface area contributed by atoms with Crippen LogP contribution in [0.15, 0.2) is 78.0 Å². The number of aromatic nitrogens is 2. The topological polar surface area (TPSA) is 54.2 Å². The van der Waals surface area contributed by atoms with E-state index < -0.39 is 0 Å². The van der Waals surface area contributed by atoms with Gasteiger partial charge in [0.1, 0.15) is 5.82 Å². The van der Waals surface area contributed by atoms with Gasteiger partial charge in [-0.15, -0.1) is 0 Å². The molecule has 1 heterocycles. The van der Waals surface area contributed by atoms with Crippen LogP contribution in [0.4, 0.5) is 0 Å². The Bertz CT molecular complexity index is 926. The zero-order chi connectivity index (χ0) is 19.9. The monoisotopic (exact) mass is 387 g/mol. The van der Waals surface area contributed by atoms with Gasteiger partial charge in [0.05, 0.1) is 6.54 Å².